The summed E-state index contributed by atoms with van der Waals surface area (Å²) >= 11 is 0. The van der Waals surface area contributed by atoms with Gasteiger partial charge in [-0.2, -0.15) is 0 Å². The van der Waals surface area contributed by atoms with Gasteiger partial charge in [-0.15, -0.1) is 0 Å². The third-order valence-corrected chi connectivity index (χ3v) is 3.63. The van der Waals surface area contributed by atoms with Crippen molar-refractivity contribution >= 4 is 11.9 Å². The number of piperidine rings is 1. The molecule has 2 fully saturated rings. The first kappa shape index (κ1) is 13.3. The van der Waals surface area contributed by atoms with Gasteiger partial charge >= 0.3 is 5.97 Å². The Kier molecular flexibility index (Phi) is 4.58. The van der Waals surface area contributed by atoms with Crippen LogP contribution in [0, 0.1) is 5.92 Å². The molecule has 2 heterocycles. The summed E-state index contributed by atoms with van der Waals surface area (Å²) in [6, 6.07) is 0. The van der Waals surface area contributed by atoms with E-state index >= 15 is 0 Å². The van der Waals surface area contributed by atoms with Crippen LogP contribution < -0.4 is 0 Å². The van der Waals surface area contributed by atoms with Gasteiger partial charge < -0.3 is 14.4 Å². The SMILES string of the molecule is CCOC(=O)C1CCN(C(=O)[C@H]2CCCO2)CC1. The molecule has 0 aromatic carbocycles. The fourth-order valence-corrected chi connectivity index (χ4v) is 2.57. The summed E-state index contributed by atoms with van der Waals surface area (Å²) < 4.78 is 10.4. The Labute approximate surface area is 107 Å². The summed E-state index contributed by atoms with van der Waals surface area (Å²) in [4.78, 5) is 25.5. The van der Waals surface area contributed by atoms with Gasteiger partial charge in [-0.3, -0.25) is 9.59 Å². The maximum Gasteiger partial charge on any atom is 0.309 e. The van der Waals surface area contributed by atoms with Gasteiger partial charge in [0, 0.05) is 19.7 Å². The molecule has 5 nitrogen and oxygen atoms in total. The molecule has 0 unspecified atom stereocenters. The first-order valence-electron chi connectivity index (χ1n) is 6.79. The zero-order valence-corrected chi connectivity index (χ0v) is 10.9. The van der Waals surface area contributed by atoms with E-state index in [1.54, 1.807) is 0 Å². The molecule has 2 saturated heterocycles. The van der Waals surface area contributed by atoms with Gasteiger partial charge in [0.2, 0.25) is 0 Å². The predicted molar refractivity (Wildman–Crippen MR) is 64.9 cm³/mol. The van der Waals surface area contributed by atoms with Gasteiger partial charge in [0.25, 0.3) is 5.91 Å². The molecule has 0 saturated carbocycles. The normalized spacial score (nSPS) is 25.2. The van der Waals surface area contributed by atoms with Crippen molar-refractivity contribution < 1.29 is 19.1 Å². The molecule has 2 rings (SSSR count). The lowest BCUT2D eigenvalue weighted by molar-refractivity contribution is -0.152. The lowest BCUT2D eigenvalue weighted by Crippen LogP contribution is -2.45. The third kappa shape index (κ3) is 3.02. The molecule has 102 valence electrons. The molecule has 1 atom stereocenters. The number of rotatable bonds is 3. The fraction of sp³-hybridized carbons (Fsp3) is 0.846. The van der Waals surface area contributed by atoms with Crippen molar-refractivity contribution in [1.82, 2.24) is 4.90 Å². The van der Waals surface area contributed by atoms with Crippen LogP contribution in [0.15, 0.2) is 0 Å². The van der Waals surface area contributed by atoms with Crippen LogP contribution in [0.5, 0.6) is 0 Å². The van der Waals surface area contributed by atoms with Crippen molar-refractivity contribution in [3.05, 3.63) is 0 Å². The Hall–Kier alpha value is -1.10. The smallest absolute Gasteiger partial charge is 0.309 e. The van der Waals surface area contributed by atoms with E-state index in [4.69, 9.17) is 9.47 Å². The molecule has 0 aliphatic carbocycles. The van der Waals surface area contributed by atoms with Crippen molar-refractivity contribution in [3.8, 4) is 0 Å². The van der Waals surface area contributed by atoms with E-state index in [0.29, 0.717) is 39.1 Å². The highest BCUT2D eigenvalue weighted by atomic mass is 16.5. The summed E-state index contributed by atoms with van der Waals surface area (Å²) in [5.74, 6) is -0.0741. The highest BCUT2D eigenvalue weighted by molar-refractivity contribution is 5.81. The fourth-order valence-electron chi connectivity index (χ4n) is 2.57. The Bertz CT molecular complexity index is 304. The van der Waals surface area contributed by atoms with E-state index in [2.05, 4.69) is 0 Å². The number of hydrogen-bond donors (Lipinski definition) is 0. The van der Waals surface area contributed by atoms with Crippen LogP contribution in [0.25, 0.3) is 0 Å². The molecule has 2 aliphatic heterocycles. The zero-order valence-electron chi connectivity index (χ0n) is 10.9. The van der Waals surface area contributed by atoms with Crippen molar-refractivity contribution in [2.24, 2.45) is 5.92 Å². The van der Waals surface area contributed by atoms with Crippen LogP contribution in [0.1, 0.15) is 32.6 Å². The number of esters is 1. The Morgan fingerprint density at radius 2 is 2.00 bits per heavy atom. The largest absolute Gasteiger partial charge is 0.466 e. The molecule has 18 heavy (non-hydrogen) atoms. The average Bonchev–Trinajstić information content (AvgIpc) is 2.92. The van der Waals surface area contributed by atoms with Gasteiger partial charge in [-0.05, 0) is 32.6 Å². The number of carbonyl (C=O) groups is 2. The number of hydrogen-bond acceptors (Lipinski definition) is 4. The molecule has 0 radical (unpaired) electrons. The van der Waals surface area contributed by atoms with Crippen LogP contribution in [0.2, 0.25) is 0 Å². The number of nitrogens with zero attached hydrogens (tertiary/aromatic N) is 1. The van der Waals surface area contributed by atoms with E-state index < -0.39 is 0 Å². The molecule has 0 aromatic heterocycles. The van der Waals surface area contributed by atoms with E-state index in [9.17, 15) is 9.59 Å². The van der Waals surface area contributed by atoms with Crippen molar-refractivity contribution in [1.29, 1.82) is 0 Å². The Morgan fingerprint density at radius 3 is 2.56 bits per heavy atom. The number of ether oxygens (including phenoxy) is 2. The Balaban J connectivity index is 1.79. The van der Waals surface area contributed by atoms with Gasteiger partial charge in [-0.1, -0.05) is 0 Å². The highest BCUT2D eigenvalue weighted by Crippen LogP contribution is 2.22. The second-order valence-electron chi connectivity index (χ2n) is 4.85. The standard InChI is InChI=1S/C13H21NO4/c1-2-17-13(16)10-5-7-14(8-6-10)12(15)11-4-3-9-18-11/h10-11H,2-9H2,1H3/t11-/m1/s1. The predicted octanol–water partition coefficient (Wildman–Crippen LogP) is 0.967. The van der Waals surface area contributed by atoms with Crippen molar-refractivity contribution in [3.63, 3.8) is 0 Å². The number of amides is 1. The van der Waals surface area contributed by atoms with E-state index in [-0.39, 0.29) is 23.9 Å². The van der Waals surface area contributed by atoms with E-state index in [1.165, 1.54) is 0 Å². The first-order valence-corrected chi connectivity index (χ1v) is 6.79. The van der Waals surface area contributed by atoms with Crippen LogP contribution in [0.3, 0.4) is 0 Å². The molecule has 0 spiro atoms. The molecule has 1 amide bonds. The van der Waals surface area contributed by atoms with Gasteiger partial charge in [0.15, 0.2) is 0 Å². The van der Waals surface area contributed by atoms with Gasteiger partial charge in [0.05, 0.1) is 12.5 Å². The summed E-state index contributed by atoms with van der Waals surface area (Å²) in [6.45, 7) is 4.21. The molecule has 2 aliphatic rings. The van der Waals surface area contributed by atoms with Crippen LogP contribution in [-0.2, 0) is 19.1 Å². The zero-order chi connectivity index (χ0) is 13.0. The van der Waals surface area contributed by atoms with Crippen LogP contribution >= 0.6 is 0 Å². The Morgan fingerprint density at radius 1 is 1.28 bits per heavy atom. The minimum absolute atomic E-state index is 0.0431. The lowest BCUT2D eigenvalue weighted by atomic mass is 9.96. The minimum Gasteiger partial charge on any atom is -0.466 e. The summed E-state index contributed by atoms with van der Waals surface area (Å²) in [7, 11) is 0. The molecule has 0 N–H and O–H groups in total. The van der Waals surface area contributed by atoms with Crippen LogP contribution in [-0.4, -0.2) is 49.2 Å². The molecule has 5 heteroatoms. The summed E-state index contributed by atoms with van der Waals surface area (Å²) in [5.41, 5.74) is 0. The maximum atomic E-state index is 12.1. The molecule has 0 aromatic rings. The quantitative estimate of drug-likeness (QED) is 0.705. The third-order valence-electron chi connectivity index (χ3n) is 3.63. The lowest BCUT2D eigenvalue weighted by Gasteiger charge is -2.32. The monoisotopic (exact) mass is 255 g/mol. The van der Waals surface area contributed by atoms with E-state index in [0.717, 1.165) is 12.8 Å². The second kappa shape index (κ2) is 6.18. The van der Waals surface area contributed by atoms with Crippen molar-refractivity contribution in [2.75, 3.05) is 26.3 Å². The minimum atomic E-state index is -0.246. The maximum absolute atomic E-state index is 12.1. The molecular weight excluding hydrogens is 234 g/mol. The first-order chi connectivity index (χ1) is 8.72. The highest BCUT2D eigenvalue weighted by Gasteiger charge is 2.32. The van der Waals surface area contributed by atoms with Crippen LogP contribution in [0.4, 0.5) is 0 Å². The summed E-state index contributed by atoms with van der Waals surface area (Å²) in [6.07, 6.45) is 2.96. The average molecular weight is 255 g/mol. The molecular formula is C13H21NO4. The summed E-state index contributed by atoms with van der Waals surface area (Å²) in [5, 5.41) is 0. The van der Waals surface area contributed by atoms with E-state index in [1.807, 2.05) is 11.8 Å². The van der Waals surface area contributed by atoms with Crippen molar-refractivity contribution in [2.45, 2.75) is 38.7 Å². The second-order valence-corrected chi connectivity index (χ2v) is 4.85. The molecule has 0 bridgehead atoms. The van der Waals surface area contributed by atoms with Gasteiger partial charge in [-0.25, -0.2) is 0 Å². The number of likely N-dealkylation sites (tertiary alicyclic amines) is 1. The topological polar surface area (TPSA) is 55.8 Å². The number of carbonyl (C=O) groups excluding carboxylic acids is 2. The van der Waals surface area contributed by atoms with Gasteiger partial charge in [0.1, 0.15) is 6.10 Å².